The molecule has 0 bridgehead atoms. The Labute approximate surface area is 134 Å². The highest BCUT2D eigenvalue weighted by molar-refractivity contribution is 6.02. The zero-order chi connectivity index (χ0) is 15.6. The number of carbonyl (C=O) groups is 1. The van der Waals surface area contributed by atoms with E-state index in [0.29, 0.717) is 17.9 Å². The van der Waals surface area contributed by atoms with Gasteiger partial charge in [-0.2, -0.15) is 0 Å². The first kappa shape index (κ1) is 13.8. The lowest BCUT2D eigenvalue weighted by atomic mass is 10.2. The third kappa shape index (κ3) is 2.63. The number of para-hydroxylation sites is 1. The molecule has 0 atom stereocenters. The molecule has 1 amide bonds. The summed E-state index contributed by atoms with van der Waals surface area (Å²) in [5.41, 5.74) is 3.35. The zero-order valence-electron chi connectivity index (χ0n) is 12.6. The summed E-state index contributed by atoms with van der Waals surface area (Å²) < 4.78 is 5.89. The first-order valence-corrected chi connectivity index (χ1v) is 7.74. The Morgan fingerprint density at radius 2 is 1.91 bits per heavy atom. The fraction of sp³-hybridized carbons (Fsp3) is 0.158. The molecule has 1 aliphatic rings. The SMILES string of the molecule is O=C1CCCN1c1cccc2nc(/C=C/c3ccccc3)oc12. The monoisotopic (exact) mass is 304 g/mol. The lowest BCUT2D eigenvalue weighted by Crippen LogP contribution is -2.23. The maximum absolute atomic E-state index is 12.0. The van der Waals surface area contributed by atoms with E-state index >= 15 is 0 Å². The van der Waals surface area contributed by atoms with E-state index < -0.39 is 0 Å². The highest BCUT2D eigenvalue weighted by Crippen LogP contribution is 2.31. The average molecular weight is 304 g/mol. The maximum Gasteiger partial charge on any atom is 0.227 e. The summed E-state index contributed by atoms with van der Waals surface area (Å²) in [6, 6.07) is 15.7. The Morgan fingerprint density at radius 3 is 2.70 bits per heavy atom. The van der Waals surface area contributed by atoms with Crippen LogP contribution < -0.4 is 4.90 Å². The van der Waals surface area contributed by atoms with Gasteiger partial charge in [0.05, 0.1) is 5.69 Å². The van der Waals surface area contributed by atoms with E-state index in [1.807, 2.05) is 60.7 Å². The van der Waals surface area contributed by atoms with E-state index in [4.69, 9.17) is 4.42 Å². The fourth-order valence-electron chi connectivity index (χ4n) is 2.87. The van der Waals surface area contributed by atoms with Gasteiger partial charge in [0.1, 0.15) is 5.52 Å². The molecule has 0 N–H and O–H groups in total. The summed E-state index contributed by atoms with van der Waals surface area (Å²) >= 11 is 0. The summed E-state index contributed by atoms with van der Waals surface area (Å²) in [4.78, 5) is 18.3. The van der Waals surface area contributed by atoms with Gasteiger partial charge < -0.3 is 9.32 Å². The number of carbonyl (C=O) groups excluding carboxylic acids is 1. The van der Waals surface area contributed by atoms with Gasteiger partial charge >= 0.3 is 0 Å². The van der Waals surface area contributed by atoms with Crippen molar-refractivity contribution in [2.75, 3.05) is 11.4 Å². The third-order valence-corrected chi connectivity index (χ3v) is 3.99. The minimum absolute atomic E-state index is 0.148. The van der Waals surface area contributed by atoms with E-state index in [1.165, 1.54) is 0 Å². The molecule has 0 aliphatic carbocycles. The Bertz CT molecular complexity index is 881. The highest BCUT2D eigenvalue weighted by atomic mass is 16.3. The van der Waals surface area contributed by atoms with Crippen molar-refractivity contribution in [1.82, 2.24) is 4.98 Å². The van der Waals surface area contributed by atoms with Crippen LogP contribution in [0.4, 0.5) is 5.69 Å². The third-order valence-electron chi connectivity index (χ3n) is 3.99. The van der Waals surface area contributed by atoms with Gasteiger partial charge in [-0.05, 0) is 30.2 Å². The van der Waals surface area contributed by atoms with Gasteiger partial charge in [-0.25, -0.2) is 4.98 Å². The molecule has 0 radical (unpaired) electrons. The molecule has 4 rings (SSSR count). The van der Waals surface area contributed by atoms with Crippen molar-refractivity contribution in [3.05, 3.63) is 60.0 Å². The number of fused-ring (bicyclic) bond motifs is 1. The van der Waals surface area contributed by atoms with Crippen molar-refractivity contribution in [3.63, 3.8) is 0 Å². The highest BCUT2D eigenvalue weighted by Gasteiger charge is 2.24. The number of anilines is 1. The molecule has 4 nitrogen and oxygen atoms in total. The lowest BCUT2D eigenvalue weighted by molar-refractivity contribution is -0.117. The van der Waals surface area contributed by atoms with Crippen LogP contribution in [0.15, 0.2) is 52.9 Å². The fourth-order valence-corrected chi connectivity index (χ4v) is 2.87. The van der Waals surface area contributed by atoms with Crippen LogP contribution in [0.25, 0.3) is 23.3 Å². The van der Waals surface area contributed by atoms with Crippen LogP contribution in [0, 0.1) is 0 Å². The summed E-state index contributed by atoms with van der Waals surface area (Å²) in [5.74, 6) is 0.693. The number of amides is 1. The van der Waals surface area contributed by atoms with Crippen LogP contribution in [0.3, 0.4) is 0 Å². The zero-order valence-corrected chi connectivity index (χ0v) is 12.6. The number of hydrogen-bond donors (Lipinski definition) is 0. The van der Waals surface area contributed by atoms with Gasteiger partial charge in [0.15, 0.2) is 5.58 Å². The Hall–Kier alpha value is -2.88. The second-order valence-corrected chi connectivity index (χ2v) is 5.57. The molecule has 114 valence electrons. The van der Waals surface area contributed by atoms with Crippen LogP contribution >= 0.6 is 0 Å². The molecule has 0 unspecified atom stereocenters. The van der Waals surface area contributed by atoms with E-state index in [9.17, 15) is 4.79 Å². The molecule has 2 aromatic carbocycles. The quantitative estimate of drug-likeness (QED) is 0.731. The number of benzene rings is 2. The molecular weight excluding hydrogens is 288 g/mol. The van der Waals surface area contributed by atoms with Crippen LogP contribution in [0.1, 0.15) is 24.3 Å². The number of aromatic nitrogens is 1. The molecule has 1 saturated heterocycles. The van der Waals surface area contributed by atoms with Crippen LogP contribution in [0.2, 0.25) is 0 Å². The molecular formula is C19H16N2O2. The van der Waals surface area contributed by atoms with Crippen molar-refractivity contribution in [2.24, 2.45) is 0 Å². The second kappa shape index (κ2) is 5.72. The molecule has 2 heterocycles. The molecule has 23 heavy (non-hydrogen) atoms. The van der Waals surface area contributed by atoms with Gasteiger partial charge in [-0.15, -0.1) is 0 Å². The van der Waals surface area contributed by atoms with E-state index in [2.05, 4.69) is 4.98 Å². The first-order valence-electron chi connectivity index (χ1n) is 7.74. The van der Waals surface area contributed by atoms with Crippen molar-refractivity contribution in [2.45, 2.75) is 12.8 Å². The minimum Gasteiger partial charge on any atom is -0.435 e. The molecule has 4 heteroatoms. The van der Waals surface area contributed by atoms with Gasteiger partial charge in [-0.1, -0.05) is 36.4 Å². The molecule has 0 spiro atoms. The van der Waals surface area contributed by atoms with E-state index in [0.717, 1.165) is 29.7 Å². The summed E-state index contributed by atoms with van der Waals surface area (Å²) in [5, 5.41) is 0. The Balaban J connectivity index is 1.71. The molecule has 0 saturated carbocycles. The molecule has 1 aromatic heterocycles. The molecule has 1 fully saturated rings. The van der Waals surface area contributed by atoms with Gasteiger partial charge in [-0.3, -0.25) is 4.79 Å². The number of oxazole rings is 1. The summed E-state index contributed by atoms with van der Waals surface area (Å²) in [6.07, 6.45) is 5.31. The number of hydrogen-bond acceptors (Lipinski definition) is 3. The Morgan fingerprint density at radius 1 is 1.04 bits per heavy atom. The van der Waals surface area contributed by atoms with Crippen molar-refractivity contribution < 1.29 is 9.21 Å². The lowest BCUT2D eigenvalue weighted by Gasteiger charge is -2.15. The van der Waals surface area contributed by atoms with Gasteiger partial charge in [0.25, 0.3) is 0 Å². The van der Waals surface area contributed by atoms with Gasteiger partial charge in [0, 0.05) is 19.0 Å². The standard InChI is InChI=1S/C19H16N2O2/c22-18-10-5-13-21(18)16-9-4-8-15-19(16)23-17(20-15)12-11-14-6-2-1-3-7-14/h1-4,6-9,11-12H,5,10,13H2/b12-11+. The first-order chi connectivity index (χ1) is 11.3. The molecule has 1 aliphatic heterocycles. The largest absolute Gasteiger partial charge is 0.435 e. The van der Waals surface area contributed by atoms with Crippen LogP contribution in [0.5, 0.6) is 0 Å². The van der Waals surface area contributed by atoms with Crippen molar-refractivity contribution in [3.8, 4) is 0 Å². The predicted molar refractivity (Wildman–Crippen MR) is 91.0 cm³/mol. The summed E-state index contributed by atoms with van der Waals surface area (Å²) in [7, 11) is 0. The van der Waals surface area contributed by atoms with Gasteiger partial charge in [0.2, 0.25) is 11.8 Å². The van der Waals surface area contributed by atoms with Crippen LogP contribution in [-0.2, 0) is 4.79 Å². The number of rotatable bonds is 3. The van der Waals surface area contributed by atoms with E-state index in [-0.39, 0.29) is 5.91 Å². The summed E-state index contributed by atoms with van der Waals surface area (Å²) in [6.45, 7) is 0.744. The van der Waals surface area contributed by atoms with E-state index in [1.54, 1.807) is 4.90 Å². The normalized spacial score (nSPS) is 15.1. The van der Waals surface area contributed by atoms with Crippen molar-refractivity contribution >= 4 is 34.8 Å². The topological polar surface area (TPSA) is 46.3 Å². The predicted octanol–water partition coefficient (Wildman–Crippen LogP) is 4.13. The smallest absolute Gasteiger partial charge is 0.227 e. The molecule has 3 aromatic rings. The minimum atomic E-state index is 0.148. The second-order valence-electron chi connectivity index (χ2n) is 5.57. The van der Waals surface area contributed by atoms with Crippen molar-refractivity contribution in [1.29, 1.82) is 0 Å². The number of nitrogens with zero attached hydrogens (tertiary/aromatic N) is 2. The maximum atomic E-state index is 12.0. The Kier molecular flexibility index (Phi) is 3.42. The van der Waals surface area contributed by atoms with Crippen LogP contribution in [-0.4, -0.2) is 17.4 Å². The average Bonchev–Trinajstić information content (AvgIpc) is 3.19.